The summed E-state index contributed by atoms with van der Waals surface area (Å²) in [5.41, 5.74) is 0.960. The van der Waals surface area contributed by atoms with E-state index in [0.717, 1.165) is 12.2 Å². The van der Waals surface area contributed by atoms with Gasteiger partial charge in [-0.2, -0.15) is 5.10 Å². The van der Waals surface area contributed by atoms with E-state index in [9.17, 15) is 0 Å². The molecule has 0 amide bonds. The molecule has 0 saturated heterocycles. The van der Waals surface area contributed by atoms with Crippen molar-refractivity contribution >= 4 is 0 Å². The van der Waals surface area contributed by atoms with Crippen LogP contribution in [0.1, 0.15) is 19.5 Å². The summed E-state index contributed by atoms with van der Waals surface area (Å²) in [7, 11) is 0. The zero-order valence-corrected chi connectivity index (χ0v) is 6.99. The van der Waals surface area contributed by atoms with Crippen molar-refractivity contribution in [2.45, 2.75) is 32.9 Å². The molecule has 1 aromatic rings. The molecular formula is C8H14N2O. The lowest BCUT2D eigenvalue weighted by atomic mass is 10.2. The van der Waals surface area contributed by atoms with Crippen molar-refractivity contribution in [2.24, 2.45) is 0 Å². The molecular weight excluding hydrogens is 140 g/mol. The van der Waals surface area contributed by atoms with E-state index in [1.54, 1.807) is 6.92 Å². The molecule has 0 aliphatic carbocycles. The number of aliphatic hydroxyl groups is 1. The Morgan fingerprint density at radius 1 is 1.73 bits per heavy atom. The first-order valence-electron chi connectivity index (χ1n) is 3.92. The minimum absolute atomic E-state index is 0.296. The monoisotopic (exact) mass is 154 g/mol. The molecule has 1 N–H and O–H groups in total. The molecule has 1 heterocycles. The molecule has 3 heteroatoms. The Morgan fingerprint density at radius 3 is 2.91 bits per heavy atom. The van der Waals surface area contributed by atoms with Gasteiger partial charge in [-0.25, -0.2) is 0 Å². The molecule has 0 radical (unpaired) electrons. The van der Waals surface area contributed by atoms with Crippen LogP contribution < -0.4 is 0 Å². The Kier molecular flexibility index (Phi) is 2.65. The number of hydrogen-bond donors (Lipinski definition) is 1. The maximum Gasteiger partial charge on any atom is 0.0650 e. The fourth-order valence-corrected chi connectivity index (χ4v) is 0.991. The highest BCUT2D eigenvalue weighted by Crippen LogP contribution is 1.99. The van der Waals surface area contributed by atoms with Crippen LogP contribution in [0.3, 0.4) is 0 Å². The van der Waals surface area contributed by atoms with Gasteiger partial charge in [-0.1, -0.05) is 0 Å². The van der Waals surface area contributed by atoms with Crippen molar-refractivity contribution in [2.75, 3.05) is 0 Å². The smallest absolute Gasteiger partial charge is 0.0650 e. The second kappa shape index (κ2) is 3.53. The summed E-state index contributed by atoms with van der Waals surface area (Å²) < 4.78 is 1.86. The SMILES string of the molecule is CCn1ccc(C[C@@H](C)O)n1. The highest BCUT2D eigenvalue weighted by molar-refractivity contribution is 4.99. The predicted molar refractivity (Wildman–Crippen MR) is 43.3 cm³/mol. The second-order valence-corrected chi connectivity index (χ2v) is 2.72. The van der Waals surface area contributed by atoms with Crippen molar-refractivity contribution in [1.29, 1.82) is 0 Å². The van der Waals surface area contributed by atoms with E-state index in [1.165, 1.54) is 0 Å². The van der Waals surface area contributed by atoms with E-state index < -0.39 is 0 Å². The molecule has 0 aliphatic rings. The maximum absolute atomic E-state index is 9.04. The molecule has 0 aromatic carbocycles. The van der Waals surface area contributed by atoms with E-state index in [0.29, 0.717) is 6.42 Å². The fourth-order valence-electron chi connectivity index (χ4n) is 0.991. The molecule has 0 spiro atoms. The average Bonchev–Trinajstić information content (AvgIpc) is 2.34. The Balaban J connectivity index is 2.58. The van der Waals surface area contributed by atoms with E-state index >= 15 is 0 Å². The molecule has 1 atom stereocenters. The second-order valence-electron chi connectivity index (χ2n) is 2.72. The van der Waals surface area contributed by atoms with Crippen LogP contribution in [0.25, 0.3) is 0 Å². The third-order valence-corrected chi connectivity index (χ3v) is 1.52. The van der Waals surface area contributed by atoms with Gasteiger partial charge in [0, 0.05) is 19.2 Å². The molecule has 3 nitrogen and oxygen atoms in total. The van der Waals surface area contributed by atoms with Gasteiger partial charge in [-0.05, 0) is 19.9 Å². The maximum atomic E-state index is 9.04. The summed E-state index contributed by atoms with van der Waals surface area (Å²) in [6.07, 6.45) is 2.28. The molecule has 0 bridgehead atoms. The van der Waals surface area contributed by atoms with Crippen molar-refractivity contribution in [1.82, 2.24) is 9.78 Å². The first-order chi connectivity index (χ1) is 5.22. The van der Waals surface area contributed by atoms with Crippen LogP contribution in [-0.2, 0) is 13.0 Å². The number of aliphatic hydroxyl groups excluding tert-OH is 1. The van der Waals surface area contributed by atoms with Crippen LogP contribution >= 0.6 is 0 Å². The zero-order valence-electron chi connectivity index (χ0n) is 6.99. The van der Waals surface area contributed by atoms with Gasteiger partial charge in [0.1, 0.15) is 0 Å². The zero-order chi connectivity index (χ0) is 8.27. The van der Waals surface area contributed by atoms with E-state index in [4.69, 9.17) is 5.11 Å². The molecule has 1 rings (SSSR count). The molecule has 62 valence electrons. The first-order valence-corrected chi connectivity index (χ1v) is 3.92. The molecule has 11 heavy (non-hydrogen) atoms. The molecule has 1 aromatic heterocycles. The van der Waals surface area contributed by atoms with Crippen molar-refractivity contribution < 1.29 is 5.11 Å². The number of rotatable bonds is 3. The molecule has 0 unspecified atom stereocenters. The van der Waals surface area contributed by atoms with Gasteiger partial charge in [0.05, 0.1) is 11.8 Å². The van der Waals surface area contributed by atoms with E-state index in [1.807, 2.05) is 23.9 Å². The lowest BCUT2D eigenvalue weighted by molar-refractivity contribution is 0.194. The normalized spacial score (nSPS) is 13.4. The average molecular weight is 154 g/mol. The van der Waals surface area contributed by atoms with Crippen LogP contribution in [0.15, 0.2) is 12.3 Å². The fraction of sp³-hybridized carbons (Fsp3) is 0.625. The quantitative estimate of drug-likeness (QED) is 0.700. The minimum atomic E-state index is -0.296. The van der Waals surface area contributed by atoms with Gasteiger partial charge in [0.2, 0.25) is 0 Å². The molecule has 0 fully saturated rings. The van der Waals surface area contributed by atoms with Crippen LogP contribution in [0.4, 0.5) is 0 Å². The third-order valence-electron chi connectivity index (χ3n) is 1.52. The summed E-state index contributed by atoms with van der Waals surface area (Å²) in [5.74, 6) is 0. The van der Waals surface area contributed by atoms with Crippen LogP contribution in [0.2, 0.25) is 0 Å². The van der Waals surface area contributed by atoms with Crippen LogP contribution in [0, 0.1) is 0 Å². The topological polar surface area (TPSA) is 38.0 Å². The minimum Gasteiger partial charge on any atom is -0.393 e. The summed E-state index contributed by atoms with van der Waals surface area (Å²) >= 11 is 0. The van der Waals surface area contributed by atoms with E-state index in [-0.39, 0.29) is 6.10 Å². The first kappa shape index (κ1) is 8.27. The van der Waals surface area contributed by atoms with E-state index in [2.05, 4.69) is 5.10 Å². The lowest BCUT2D eigenvalue weighted by Gasteiger charge is -1.98. The molecule has 0 aliphatic heterocycles. The number of nitrogens with zero attached hydrogens (tertiary/aromatic N) is 2. The summed E-state index contributed by atoms with van der Waals surface area (Å²) in [6, 6.07) is 1.94. The van der Waals surface area contributed by atoms with Crippen molar-refractivity contribution in [3.63, 3.8) is 0 Å². The Bertz CT molecular complexity index is 218. The van der Waals surface area contributed by atoms with Crippen molar-refractivity contribution in [3.8, 4) is 0 Å². The molecule has 0 saturated carbocycles. The van der Waals surface area contributed by atoms with Gasteiger partial charge in [-0.3, -0.25) is 4.68 Å². The standard InChI is InChI=1S/C8H14N2O/c1-3-10-5-4-8(9-10)6-7(2)11/h4-5,7,11H,3,6H2,1-2H3/t7-/m1/s1. The Morgan fingerprint density at radius 2 is 2.45 bits per heavy atom. The van der Waals surface area contributed by atoms with Crippen LogP contribution in [0.5, 0.6) is 0 Å². The van der Waals surface area contributed by atoms with Gasteiger partial charge in [0.15, 0.2) is 0 Å². The summed E-state index contributed by atoms with van der Waals surface area (Å²) in [4.78, 5) is 0. The number of aryl methyl sites for hydroxylation is 1. The highest BCUT2D eigenvalue weighted by atomic mass is 16.3. The largest absolute Gasteiger partial charge is 0.393 e. The number of aromatic nitrogens is 2. The number of hydrogen-bond acceptors (Lipinski definition) is 2. The van der Waals surface area contributed by atoms with Gasteiger partial charge in [-0.15, -0.1) is 0 Å². The van der Waals surface area contributed by atoms with Crippen molar-refractivity contribution in [3.05, 3.63) is 18.0 Å². The highest BCUT2D eigenvalue weighted by Gasteiger charge is 2.01. The summed E-state index contributed by atoms with van der Waals surface area (Å²) in [5, 5.41) is 13.3. The van der Waals surface area contributed by atoms with Gasteiger partial charge in [0.25, 0.3) is 0 Å². The summed E-state index contributed by atoms with van der Waals surface area (Å²) in [6.45, 7) is 4.70. The predicted octanol–water partition coefficient (Wildman–Crippen LogP) is 0.826. The third kappa shape index (κ3) is 2.35. The van der Waals surface area contributed by atoms with Crippen LogP contribution in [-0.4, -0.2) is 21.0 Å². The lowest BCUT2D eigenvalue weighted by Crippen LogP contribution is -2.05. The van der Waals surface area contributed by atoms with Gasteiger partial charge < -0.3 is 5.11 Å². The van der Waals surface area contributed by atoms with Gasteiger partial charge >= 0.3 is 0 Å². The Labute approximate surface area is 66.7 Å². The Hall–Kier alpha value is -0.830.